The van der Waals surface area contributed by atoms with Crippen molar-refractivity contribution < 1.29 is 0 Å². The van der Waals surface area contributed by atoms with Gasteiger partial charge in [-0.25, -0.2) is 0 Å². The van der Waals surface area contributed by atoms with Crippen molar-refractivity contribution in [3.8, 4) is 0 Å². The quantitative estimate of drug-likeness (QED) is 0.875. The van der Waals surface area contributed by atoms with Crippen LogP contribution in [0.15, 0.2) is 16.9 Å². The van der Waals surface area contributed by atoms with E-state index in [4.69, 9.17) is 5.73 Å². The molecule has 0 amide bonds. The zero-order valence-corrected chi connectivity index (χ0v) is 11.1. The molecule has 0 bridgehead atoms. The molecule has 0 radical (unpaired) electrons. The highest BCUT2D eigenvalue weighted by atomic mass is 79.9. The number of pyridine rings is 1. The highest BCUT2D eigenvalue weighted by molar-refractivity contribution is 9.10. The molecule has 1 aliphatic rings. The molecule has 16 heavy (non-hydrogen) atoms. The molecule has 1 heterocycles. The lowest BCUT2D eigenvalue weighted by Crippen LogP contribution is -2.26. The van der Waals surface area contributed by atoms with E-state index < -0.39 is 0 Å². The maximum atomic E-state index is 5.92. The molecule has 1 fully saturated rings. The second-order valence-corrected chi connectivity index (χ2v) is 5.55. The topological polar surface area (TPSA) is 50.9 Å². The van der Waals surface area contributed by atoms with Crippen molar-refractivity contribution in [1.82, 2.24) is 4.98 Å². The van der Waals surface area contributed by atoms with Crippen molar-refractivity contribution in [3.63, 3.8) is 0 Å². The largest absolute Gasteiger partial charge is 0.396 e. The summed E-state index contributed by atoms with van der Waals surface area (Å²) in [5.74, 6) is 0.813. The van der Waals surface area contributed by atoms with E-state index in [2.05, 4.69) is 33.2 Å². The maximum absolute atomic E-state index is 5.92. The highest BCUT2D eigenvalue weighted by Crippen LogP contribution is 2.32. The first-order valence-electron chi connectivity index (χ1n) is 5.82. The van der Waals surface area contributed by atoms with Crippen LogP contribution in [0.4, 0.5) is 11.4 Å². The van der Waals surface area contributed by atoms with Gasteiger partial charge in [-0.2, -0.15) is 0 Å². The summed E-state index contributed by atoms with van der Waals surface area (Å²) in [5.41, 5.74) is 7.63. The Hall–Kier alpha value is -0.770. The Labute approximate surface area is 105 Å². The molecule has 2 atom stereocenters. The average molecular weight is 284 g/mol. The van der Waals surface area contributed by atoms with Crippen LogP contribution in [0.1, 0.15) is 32.6 Å². The van der Waals surface area contributed by atoms with Gasteiger partial charge in [-0.3, -0.25) is 4.98 Å². The third kappa shape index (κ3) is 2.67. The fourth-order valence-electron chi connectivity index (χ4n) is 2.37. The van der Waals surface area contributed by atoms with E-state index in [9.17, 15) is 0 Å². The number of hydrogen-bond donors (Lipinski definition) is 2. The molecular formula is C12H18BrN3. The summed E-state index contributed by atoms with van der Waals surface area (Å²) in [7, 11) is 0. The van der Waals surface area contributed by atoms with Gasteiger partial charge >= 0.3 is 0 Å². The fourth-order valence-corrected chi connectivity index (χ4v) is 2.83. The fraction of sp³-hybridized carbons (Fsp3) is 0.583. The summed E-state index contributed by atoms with van der Waals surface area (Å²) >= 11 is 3.48. The van der Waals surface area contributed by atoms with Crippen molar-refractivity contribution in [2.75, 3.05) is 11.1 Å². The lowest BCUT2D eigenvalue weighted by molar-refractivity contribution is 0.358. The number of aromatic nitrogens is 1. The van der Waals surface area contributed by atoms with Crippen LogP contribution in [0, 0.1) is 5.92 Å². The molecule has 3 N–H and O–H groups in total. The van der Waals surface area contributed by atoms with E-state index >= 15 is 0 Å². The first-order valence-corrected chi connectivity index (χ1v) is 6.61. The Bertz CT molecular complexity index is 347. The predicted molar refractivity (Wildman–Crippen MR) is 71.4 cm³/mol. The highest BCUT2D eigenvalue weighted by Gasteiger charge is 2.19. The summed E-state index contributed by atoms with van der Waals surface area (Å²) in [6.07, 6.45) is 8.60. The van der Waals surface area contributed by atoms with Gasteiger partial charge in [-0.05, 0) is 34.7 Å². The van der Waals surface area contributed by atoms with E-state index in [-0.39, 0.29) is 0 Å². The third-order valence-corrected chi connectivity index (χ3v) is 3.82. The zero-order chi connectivity index (χ0) is 11.5. The Kier molecular flexibility index (Phi) is 3.69. The summed E-state index contributed by atoms with van der Waals surface area (Å²) in [4.78, 5) is 4.04. The van der Waals surface area contributed by atoms with Crippen molar-refractivity contribution in [2.45, 2.75) is 38.6 Å². The summed E-state index contributed by atoms with van der Waals surface area (Å²) in [6.45, 7) is 2.32. The van der Waals surface area contributed by atoms with E-state index in [0.29, 0.717) is 11.7 Å². The number of hydrogen-bond acceptors (Lipinski definition) is 3. The molecule has 0 aliphatic heterocycles. The molecule has 88 valence electrons. The Balaban J connectivity index is 2.08. The monoisotopic (exact) mass is 283 g/mol. The molecule has 1 aromatic heterocycles. The van der Waals surface area contributed by atoms with E-state index in [1.807, 2.05) is 0 Å². The van der Waals surface area contributed by atoms with Gasteiger partial charge in [0.15, 0.2) is 0 Å². The maximum Gasteiger partial charge on any atom is 0.0752 e. The van der Waals surface area contributed by atoms with Gasteiger partial charge in [-0.1, -0.05) is 19.8 Å². The number of halogens is 1. The smallest absolute Gasteiger partial charge is 0.0752 e. The molecule has 1 aliphatic carbocycles. The van der Waals surface area contributed by atoms with Crippen molar-refractivity contribution in [2.24, 2.45) is 5.92 Å². The number of anilines is 2. The first kappa shape index (κ1) is 11.7. The number of nitrogens with one attached hydrogen (secondary N) is 1. The first-order chi connectivity index (χ1) is 7.66. The van der Waals surface area contributed by atoms with Crippen LogP contribution in [0.25, 0.3) is 0 Å². The number of rotatable bonds is 2. The standard InChI is InChI=1S/C12H18BrN3/c1-8-3-2-4-9(5-8)16-12-10(13)6-15-7-11(12)14/h6-9H,2-5,14H2,1H3,(H,15,16). The van der Waals surface area contributed by atoms with Gasteiger partial charge in [0, 0.05) is 12.2 Å². The molecular weight excluding hydrogens is 266 g/mol. The number of nitrogen functional groups attached to an aromatic ring is 1. The molecule has 1 saturated carbocycles. The zero-order valence-electron chi connectivity index (χ0n) is 9.54. The number of nitrogens with two attached hydrogens (primary N) is 1. The minimum Gasteiger partial charge on any atom is -0.396 e. The van der Waals surface area contributed by atoms with Gasteiger partial charge in [0.25, 0.3) is 0 Å². The molecule has 3 nitrogen and oxygen atoms in total. The van der Waals surface area contributed by atoms with E-state index in [0.717, 1.165) is 16.1 Å². The van der Waals surface area contributed by atoms with Gasteiger partial charge < -0.3 is 11.1 Å². The Morgan fingerprint density at radius 2 is 2.25 bits per heavy atom. The van der Waals surface area contributed by atoms with Crippen LogP contribution >= 0.6 is 15.9 Å². The SMILES string of the molecule is CC1CCCC(Nc2c(N)cncc2Br)C1. The minimum absolute atomic E-state index is 0.546. The van der Waals surface area contributed by atoms with Crippen LogP contribution in [0.3, 0.4) is 0 Å². The van der Waals surface area contributed by atoms with Crippen LogP contribution in [-0.2, 0) is 0 Å². The molecule has 1 aromatic rings. The summed E-state index contributed by atoms with van der Waals surface area (Å²) in [6, 6.07) is 0.546. The molecule has 4 heteroatoms. The minimum atomic E-state index is 0.546. The van der Waals surface area contributed by atoms with Crippen molar-refractivity contribution in [1.29, 1.82) is 0 Å². The molecule has 0 saturated heterocycles. The van der Waals surface area contributed by atoms with Crippen LogP contribution in [-0.4, -0.2) is 11.0 Å². The van der Waals surface area contributed by atoms with E-state index in [1.54, 1.807) is 12.4 Å². The van der Waals surface area contributed by atoms with Crippen LogP contribution < -0.4 is 11.1 Å². The average Bonchev–Trinajstić information content (AvgIpc) is 2.24. The van der Waals surface area contributed by atoms with Gasteiger partial charge in [0.1, 0.15) is 0 Å². The van der Waals surface area contributed by atoms with Crippen molar-refractivity contribution >= 4 is 27.3 Å². The molecule has 2 unspecified atom stereocenters. The molecule has 2 rings (SSSR count). The summed E-state index contributed by atoms with van der Waals surface area (Å²) < 4.78 is 0.950. The van der Waals surface area contributed by atoms with E-state index in [1.165, 1.54) is 25.7 Å². The summed E-state index contributed by atoms with van der Waals surface area (Å²) in [5, 5.41) is 3.54. The van der Waals surface area contributed by atoms with Gasteiger partial charge in [0.05, 0.1) is 22.0 Å². The third-order valence-electron chi connectivity index (χ3n) is 3.21. The van der Waals surface area contributed by atoms with Gasteiger partial charge in [0.2, 0.25) is 0 Å². The predicted octanol–water partition coefficient (Wildman–Crippen LogP) is 3.42. The number of nitrogens with zero attached hydrogens (tertiary/aromatic N) is 1. The Morgan fingerprint density at radius 3 is 2.94 bits per heavy atom. The van der Waals surface area contributed by atoms with Crippen LogP contribution in [0.5, 0.6) is 0 Å². The lowest BCUT2D eigenvalue weighted by atomic mass is 9.87. The second-order valence-electron chi connectivity index (χ2n) is 4.70. The second kappa shape index (κ2) is 5.04. The van der Waals surface area contributed by atoms with Crippen molar-refractivity contribution in [3.05, 3.63) is 16.9 Å². The molecule has 0 aromatic carbocycles. The Morgan fingerprint density at radius 1 is 1.44 bits per heavy atom. The lowest BCUT2D eigenvalue weighted by Gasteiger charge is -2.29. The van der Waals surface area contributed by atoms with Crippen LogP contribution in [0.2, 0.25) is 0 Å². The molecule has 0 spiro atoms. The van der Waals surface area contributed by atoms with Gasteiger partial charge in [-0.15, -0.1) is 0 Å². The normalized spacial score (nSPS) is 25.4.